The minimum absolute atomic E-state index is 0.137. The number of carbonyl (C=O) groups is 1. The first-order chi connectivity index (χ1) is 5.52. The molecule has 0 aliphatic carbocycles. The Hall–Kier alpha value is -0.610. The molecule has 1 aliphatic heterocycles. The van der Waals surface area contributed by atoms with Gasteiger partial charge >= 0.3 is 0 Å². The Morgan fingerprint density at radius 2 is 2.17 bits per heavy atom. The summed E-state index contributed by atoms with van der Waals surface area (Å²) in [5.41, 5.74) is 4.82. The zero-order valence-electron chi connectivity index (χ0n) is 7.67. The van der Waals surface area contributed by atoms with Crippen LogP contribution in [-0.2, 0) is 9.63 Å². The highest BCUT2D eigenvalue weighted by Gasteiger charge is 2.29. The summed E-state index contributed by atoms with van der Waals surface area (Å²) in [7, 11) is 0. The van der Waals surface area contributed by atoms with Crippen LogP contribution in [0.25, 0.3) is 0 Å². The van der Waals surface area contributed by atoms with Crippen molar-refractivity contribution in [1.29, 1.82) is 0 Å². The van der Waals surface area contributed by atoms with Gasteiger partial charge in [0.1, 0.15) is 0 Å². The van der Waals surface area contributed by atoms with E-state index in [2.05, 4.69) is 0 Å². The summed E-state index contributed by atoms with van der Waals surface area (Å²) >= 11 is 0. The maximum absolute atomic E-state index is 11.5. The molecule has 1 saturated heterocycles. The van der Waals surface area contributed by atoms with E-state index >= 15 is 0 Å². The first-order valence-electron chi connectivity index (χ1n) is 4.25. The van der Waals surface area contributed by atoms with E-state index < -0.39 is 5.54 Å². The Morgan fingerprint density at radius 1 is 1.50 bits per heavy atom. The molecule has 0 aromatic rings. The molecule has 1 amide bonds. The van der Waals surface area contributed by atoms with Crippen LogP contribution in [0.2, 0.25) is 0 Å². The third-order valence-electron chi connectivity index (χ3n) is 1.78. The van der Waals surface area contributed by atoms with E-state index in [1.165, 1.54) is 5.06 Å². The number of hydrogen-bond acceptors (Lipinski definition) is 3. The maximum atomic E-state index is 11.5. The number of nitrogens with two attached hydrogens (primary N) is 1. The third-order valence-corrected chi connectivity index (χ3v) is 1.78. The van der Waals surface area contributed by atoms with Crippen LogP contribution in [0.5, 0.6) is 0 Å². The molecule has 0 spiro atoms. The maximum Gasteiger partial charge on any atom is 0.265 e. The Bertz CT molecular complexity index is 168. The van der Waals surface area contributed by atoms with Gasteiger partial charge < -0.3 is 5.73 Å². The second-order valence-corrected chi connectivity index (χ2v) is 3.67. The zero-order valence-corrected chi connectivity index (χ0v) is 7.67. The lowest BCUT2D eigenvalue weighted by Gasteiger charge is -2.30. The fraction of sp³-hybridized carbons (Fsp3) is 0.875. The number of hydrogen-bond donors (Lipinski definition) is 1. The topological polar surface area (TPSA) is 55.6 Å². The van der Waals surface area contributed by atoms with Crippen molar-refractivity contribution in [3.63, 3.8) is 0 Å². The van der Waals surface area contributed by atoms with Gasteiger partial charge in [0, 0.05) is 6.54 Å². The summed E-state index contributed by atoms with van der Waals surface area (Å²) in [5, 5.41) is 1.38. The van der Waals surface area contributed by atoms with Gasteiger partial charge in [-0.15, -0.1) is 0 Å². The summed E-state index contributed by atoms with van der Waals surface area (Å²) in [6.07, 6.45) is 2.02. The first-order valence-corrected chi connectivity index (χ1v) is 4.25. The van der Waals surface area contributed by atoms with Gasteiger partial charge in [0.2, 0.25) is 0 Å². The molecule has 4 heteroatoms. The van der Waals surface area contributed by atoms with Crippen LogP contribution in [0.15, 0.2) is 0 Å². The fourth-order valence-corrected chi connectivity index (χ4v) is 1.08. The van der Waals surface area contributed by atoms with Crippen molar-refractivity contribution >= 4 is 5.91 Å². The van der Waals surface area contributed by atoms with Crippen LogP contribution in [0.1, 0.15) is 26.7 Å². The second kappa shape index (κ2) is 3.41. The number of amides is 1. The van der Waals surface area contributed by atoms with Crippen molar-refractivity contribution in [1.82, 2.24) is 5.06 Å². The Kier molecular flexibility index (Phi) is 2.69. The van der Waals surface area contributed by atoms with Crippen molar-refractivity contribution in [2.45, 2.75) is 32.2 Å². The highest BCUT2D eigenvalue weighted by atomic mass is 16.7. The number of carbonyl (C=O) groups excluding carboxylic acids is 1. The third kappa shape index (κ3) is 2.19. The first kappa shape index (κ1) is 9.48. The minimum Gasteiger partial charge on any atom is -0.318 e. The lowest BCUT2D eigenvalue weighted by Crippen LogP contribution is -2.52. The van der Waals surface area contributed by atoms with Gasteiger partial charge in [-0.25, -0.2) is 5.06 Å². The van der Waals surface area contributed by atoms with Gasteiger partial charge in [-0.3, -0.25) is 9.63 Å². The largest absolute Gasteiger partial charge is 0.318 e. The lowest BCUT2D eigenvalue weighted by molar-refractivity contribution is -0.201. The molecule has 70 valence electrons. The van der Waals surface area contributed by atoms with Gasteiger partial charge in [0.05, 0.1) is 12.1 Å². The molecule has 1 fully saturated rings. The molecule has 0 aromatic carbocycles. The summed E-state index contributed by atoms with van der Waals surface area (Å²) in [5.74, 6) is -0.137. The molecule has 0 atom stereocenters. The van der Waals surface area contributed by atoms with E-state index in [0.29, 0.717) is 13.2 Å². The summed E-state index contributed by atoms with van der Waals surface area (Å²) < 4.78 is 0. The van der Waals surface area contributed by atoms with Crippen LogP contribution < -0.4 is 5.73 Å². The quantitative estimate of drug-likeness (QED) is 0.618. The van der Waals surface area contributed by atoms with Gasteiger partial charge in [0.25, 0.3) is 5.91 Å². The van der Waals surface area contributed by atoms with Gasteiger partial charge in [-0.1, -0.05) is 0 Å². The van der Waals surface area contributed by atoms with Crippen LogP contribution in [0.4, 0.5) is 0 Å². The molecule has 0 saturated carbocycles. The second-order valence-electron chi connectivity index (χ2n) is 3.67. The van der Waals surface area contributed by atoms with Crippen LogP contribution in [-0.4, -0.2) is 29.7 Å². The number of rotatable bonds is 1. The van der Waals surface area contributed by atoms with E-state index in [-0.39, 0.29) is 5.91 Å². The van der Waals surface area contributed by atoms with Crippen molar-refractivity contribution in [3.05, 3.63) is 0 Å². The van der Waals surface area contributed by atoms with Crippen molar-refractivity contribution in [2.24, 2.45) is 5.73 Å². The van der Waals surface area contributed by atoms with Gasteiger partial charge in [0.15, 0.2) is 0 Å². The SMILES string of the molecule is CC(C)(N)C(=O)N1CCCCO1. The molecule has 0 bridgehead atoms. The van der Waals surface area contributed by atoms with Crippen molar-refractivity contribution in [2.75, 3.05) is 13.2 Å². The molecule has 4 nitrogen and oxygen atoms in total. The average Bonchev–Trinajstić information content (AvgIpc) is 2.03. The molecule has 1 rings (SSSR count). The summed E-state index contributed by atoms with van der Waals surface area (Å²) in [6, 6.07) is 0. The number of hydroxylamine groups is 2. The standard InChI is InChI=1S/C8H16N2O2/c1-8(2,9)7(11)10-5-3-4-6-12-10/h3-6,9H2,1-2H3. The summed E-state index contributed by atoms with van der Waals surface area (Å²) in [6.45, 7) is 4.67. The molecular formula is C8H16N2O2. The molecule has 2 N–H and O–H groups in total. The Balaban J connectivity index is 2.51. The molecule has 0 radical (unpaired) electrons. The van der Waals surface area contributed by atoms with Crippen LogP contribution >= 0.6 is 0 Å². The lowest BCUT2D eigenvalue weighted by atomic mass is 10.1. The van der Waals surface area contributed by atoms with Crippen molar-refractivity contribution in [3.8, 4) is 0 Å². The average molecular weight is 172 g/mol. The molecular weight excluding hydrogens is 156 g/mol. The highest BCUT2D eigenvalue weighted by molar-refractivity contribution is 5.84. The van der Waals surface area contributed by atoms with Crippen LogP contribution in [0, 0.1) is 0 Å². The molecule has 12 heavy (non-hydrogen) atoms. The molecule has 0 unspecified atom stereocenters. The van der Waals surface area contributed by atoms with E-state index in [1.54, 1.807) is 13.8 Å². The van der Waals surface area contributed by atoms with Crippen molar-refractivity contribution < 1.29 is 9.63 Å². The van der Waals surface area contributed by atoms with Crippen LogP contribution in [0.3, 0.4) is 0 Å². The fourth-order valence-electron chi connectivity index (χ4n) is 1.08. The minimum atomic E-state index is -0.822. The predicted octanol–water partition coefficient (Wildman–Crippen LogP) is 0.278. The normalized spacial score (nSPS) is 19.4. The Labute approximate surface area is 72.6 Å². The smallest absolute Gasteiger partial charge is 0.265 e. The van der Waals surface area contributed by atoms with E-state index in [0.717, 1.165) is 12.8 Å². The Morgan fingerprint density at radius 3 is 2.58 bits per heavy atom. The monoisotopic (exact) mass is 172 g/mol. The summed E-state index contributed by atoms with van der Waals surface area (Å²) in [4.78, 5) is 16.7. The predicted molar refractivity (Wildman–Crippen MR) is 45.2 cm³/mol. The van der Waals surface area contributed by atoms with Gasteiger partial charge in [-0.2, -0.15) is 0 Å². The molecule has 0 aromatic heterocycles. The van der Waals surface area contributed by atoms with E-state index in [4.69, 9.17) is 10.6 Å². The van der Waals surface area contributed by atoms with E-state index in [1.807, 2.05) is 0 Å². The number of nitrogens with zero attached hydrogens (tertiary/aromatic N) is 1. The van der Waals surface area contributed by atoms with Gasteiger partial charge in [-0.05, 0) is 26.7 Å². The zero-order chi connectivity index (χ0) is 9.19. The highest BCUT2D eigenvalue weighted by Crippen LogP contribution is 2.11. The molecule has 1 heterocycles. The van der Waals surface area contributed by atoms with E-state index in [9.17, 15) is 4.79 Å². The molecule has 1 aliphatic rings.